The second-order valence-electron chi connectivity index (χ2n) is 5.97. The van der Waals surface area contributed by atoms with Gasteiger partial charge in [0.05, 0.1) is 0 Å². The summed E-state index contributed by atoms with van der Waals surface area (Å²) in [5.41, 5.74) is 3.43. The van der Waals surface area contributed by atoms with Crippen molar-refractivity contribution >= 4 is 17.7 Å². The van der Waals surface area contributed by atoms with Gasteiger partial charge in [-0.2, -0.15) is 0 Å². The Morgan fingerprint density at radius 3 is 2.52 bits per heavy atom. The number of piperazine rings is 1. The van der Waals surface area contributed by atoms with E-state index in [1.165, 1.54) is 30.2 Å². The lowest BCUT2D eigenvalue weighted by Gasteiger charge is -2.37. The maximum absolute atomic E-state index is 10.6. The highest BCUT2D eigenvalue weighted by Crippen LogP contribution is 2.29. The van der Waals surface area contributed by atoms with E-state index in [9.17, 15) is 4.79 Å². The molecule has 0 radical (unpaired) electrons. The molecule has 4 nitrogen and oxygen atoms in total. The maximum atomic E-state index is 10.6. The molecule has 0 bridgehead atoms. The van der Waals surface area contributed by atoms with Crippen LogP contribution in [0.25, 0.3) is 6.08 Å². The molecule has 2 fully saturated rings. The van der Waals surface area contributed by atoms with Crippen molar-refractivity contribution in [2.24, 2.45) is 0 Å². The van der Waals surface area contributed by atoms with Gasteiger partial charge >= 0.3 is 5.97 Å². The van der Waals surface area contributed by atoms with E-state index >= 15 is 0 Å². The first-order valence-corrected chi connectivity index (χ1v) is 7.64. The number of carboxylic acid groups (broad SMARTS) is 1. The van der Waals surface area contributed by atoms with Gasteiger partial charge in [-0.15, -0.1) is 0 Å². The van der Waals surface area contributed by atoms with Crippen LogP contribution < -0.4 is 4.90 Å². The fraction of sp³-hybridized carbons (Fsp3) is 0.471. The zero-order chi connectivity index (χ0) is 14.8. The average molecular weight is 286 g/mol. The van der Waals surface area contributed by atoms with E-state index in [0.29, 0.717) is 0 Å². The average Bonchev–Trinajstić information content (AvgIpc) is 3.30. The third-order valence-corrected chi connectivity index (χ3v) is 4.36. The number of rotatable bonds is 4. The number of aryl methyl sites for hydroxylation is 1. The zero-order valence-corrected chi connectivity index (χ0v) is 12.5. The summed E-state index contributed by atoms with van der Waals surface area (Å²) in [7, 11) is 0. The summed E-state index contributed by atoms with van der Waals surface area (Å²) in [6.45, 7) is 6.58. The molecule has 0 spiro atoms. The molecular formula is C17H22N2O2. The number of benzene rings is 1. The minimum atomic E-state index is -0.909. The zero-order valence-electron chi connectivity index (χ0n) is 12.5. The van der Waals surface area contributed by atoms with Gasteiger partial charge in [-0.05, 0) is 49.1 Å². The molecule has 1 saturated carbocycles. The van der Waals surface area contributed by atoms with E-state index in [1.807, 2.05) is 6.07 Å². The normalized spacial score (nSPS) is 20.1. The molecule has 1 heterocycles. The highest BCUT2D eigenvalue weighted by atomic mass is 16.4. The summed E-state index contributed by atoms with van der Waals surface area (Å²) < 4.78 is 0. The van der Waals surface area contributed by atoms with E-state index in [0.717, 1.165) is 37.8 Å². The van der Waals surface area contributed by atoms with E-state index in [2.05, 4.69) is 28.9 Å². The molecule has 4 heteroatoms. The first kappa shape index (κ1) is 14.1. The van der Waals surface area contributed by atoms with Crippen molar-refractivity contribution in [1.82, 2.24) is 4.90 Å². The van der Waals surface area contributed by atoms with Gasteiger partial charge in [0.15, 0.2) is 0 Å². The fourth-order valence-corrected chi connectivity index (χ4v) is 3.07. The molecule has 1 aromatic carbocycles. The minimum Gasteiger partial charge on any atom is -0.478 e. The van der Waals surface area contributed by atoms with Crippen molar-refractivity contribution in [2.75, 3.05) is 31.1 Å². The molecule has 2 aliphatic rings. The third-order valence-electron chi connectivity index (χ3n) is 4.36. The lowest BCUT2D eigenvalue weighted by Crippen LogP contribution is -2.47. The Balaban J connectivity index is 1.66. The van der Waals surface area contributed by atoms with Crippen LogP contribution in [0.5, 0.6) is 0 Å². The molecule has 0 unspecified atom stereocenters. The Morgan fingerprint density at radius 2 is 1.95 bits per heavy atom. The van der Waals surface area contributed by atoms with Gasteiger partial charge in [0.1, 0.15) is 0 Å². The third kappa shape index (κ3) is 3.45. The maximum Gasteiger partial charge on any atom is 0.328 e. The van der Waals surface area contributed by atoms with Gasteiger partial charge in [-0.3, -0.25) is 4.90 Å². The van der Waals surface area contributed by atoms with Crippen molar-refractivity contribution in [3.05, 3.63) is 35.4 Å². The number of anilines is 1. The summed E-state index contributed by atoms with van der Waals surface area (Å²) in [6.07, 6.45) is 5.58. The molecule has 0 amide bonds. The van der Waals surface area contributed by atoms with Gasteiger partial charge in [0, 0.05) is 44.0 Å². The predicted molar refractivity (Wildman–Crippen MR) is 84.7 cm³/mol. The van der Waals surface area contributed by atoms with Gasteiger partial charge < -0.3 is 10.0 Å². The standard InChI is InChI=1S/C17H22N2O2/c1-13-12-14(3-7-17(20)21)2-6-16(13)19-10-8-18(9-11-19)15-4-5-15/h2-3,6-7,12,15H,4-5,8-11H2,1H3,(H,20,21). The topological polar surface area (TPSA) is 43.8 Å². The second-order valence-corrected chi connectivity index (χ2v) is 5.97. The predicted octanol–water partition coefficient (Wildman–Crippen LogP) is 2.38. The number of nitrogens with zero attached hydrogens (tertiary/aromatic N) is 2. The molecule has 1 aliphatic carbocycles. The van der Waals surface area contributed by atoms with Crippen LogP contribution in [0.1, 0.15) is 24.0 Å². The number of aliphatic carboxylic acids is 1. The van der Waals surface area contributed by atoms with E-state index in [1.54, 1.807) is 6.08 Å². The van der Waals surface area contributed by atoms with Crippen LogP contribution >= 0.6 is 0 Å². The van der Waals surface area contributed by atoms with Gasteiger partial charge in [0.2, 0.25) is 0 Å². The number of carbonyl (C=O) groups is 1. The molecule has 21 heavy (non-hydrogen) atoms. The number of carboxylic acids is 1. The fourth-order valence-electron chi connectivity index (χ4n) is 3.07. The second kappa shape index (κ2) is 5.90. The highest BCUT2D eigenvalue weighted by molar-refractivity contribution is 5.85. The molecular weight excluding hydrogens is 264 g/mol. The number of hydrogen-bond acceptors (Lipinski definition) is 3. The molecule has 1 N–H and O–H groups in total. The van der Waals surface area contributed by atoms with Crippen LogP contribution in [-0.2, 0) is 4.79 Å². The lowest BCUT2D eigenvalue weighted by molar-refractivity contribution is -0.131. The van der Waals surface area contributed by atoms with E-state index < -0.39 is 5.97 Å². The van der Waals surface area contributed by atoms with Gasteiger partial charge in [-0.1, -0.05) is 6.07 Å². The Morgan fingerprint density at radius 1 is 1.24 bits per heavy atom. The van der Waals surface area contributed by atoms with Crippen LogP contribution in [0.3, 0.4) is 0 Å². The lowest BCUT2D eigenvalue weighted by atomic mass is 10.1. The number of hydrogen-bond donors (Lipinski definition) is 1. The van der Waals surface area contributed by atoms with Crippen LogP contribution in [0.2, 0.25) is 0 Å². The minimum absolute atomic E-state index is 0.858. The Bertz CT molecular complexity index is 556. The smallest absolute Gasteiger partial charge is 0.328 e. The van der Waals surface area contributed by atoms with Gasteiger partial charge in [0.25, 0.3) is 0 Å². The van der Waals surface area contributed by atoms with Crippen molar-refractivity contribution in [3.8, 4) is 0 Å². The monoisotopic (exact) mass is 286 g/mol. The molecule has 112 valence electrons. The largest absolute Gasteiger partial charge is 0.478 e. The Labute approximate surface area is 125 Å². The quantitative estimate of drug-likeness (QED) is 0.863. The van der Waals surface area contributed by atoms with Crippen LogP contribution in [0.4, 0.5) is 5.69 Å². The van der Waals surface area contributed by atoms with Crippen LogP contribution in [-0.4, -0.2) is 48.2 Å². The summed E-state index contributed by atoms with van der Waals surface area (Å²) in [6, 6.07) is 7.03. The summed E-state index contributed by atoms with van der Waals surface area (Å²) in [5, 5.41) is 8.68. The van der Waals surface area contributed by atoms with E-state index in [4.69, 9.17) is 5.11 Å². The molecule has 1 saturated heterocycles. The Hall–Kier alpha value is -1.81. The Kier molecular flexibility index (Phi) is 3.97. The van der Waals surface area contributed by atoms with Crippen molar-refractivity contribution < 1.29 is 9.90 Å². The van der Waals surface area contributed by atoms with Crippen molar-refractivity contribution in [1.29, 1.82) is 0 Å². The molecule has 0 atom stereocenters. The first-order valence-electron chi connectivity index (χ1n) is 7.64. The van der Waals surface area contributed by atoms with Gasteiger partial charge in [-0.25, -0.2) is 4.79 Å². The van der Waals surface area contributed by atoms with Crippen LogP contribution in [0, 0.1) is 6.92 Å². The summed E-state index contributed by atoms with van der Waals surface area (Å²) in [4.78, 5) is 15.6. The summed E-state index contributed by atoms with van der Waals surface area (Å²) in [5.74, 6) is -0.909. The molecule has 1 aromatic rings. The van der Waals surface area contributed by atoms with Crippen molar-refractivity contribution in [3.63, 3.8) is 0 Å². The first-order chi connectivity index (χ1) is 10.1. The van der Waals surface area contributed by atoms with Crippen LogP contribution in [0.15, 0.2) is 24.3 Å². The molecule has 3 rings (SSSR count). The van der Waals surface area contributed by atoms with Crippen molar-refractivity contribution in [2.45, 2.75) is 25.8 Å². The SMILES string of the molecule is Cc1cc(C=CC(=O)O)ccc1N1CCN(C2CC2)CC1. The molecule has 0 aromatic heterocycles. The molecule has 1 aliphatic heterocycles. The summed E-state index contributed by atoms with van der Waals surface area (Å²) >= 11 is 0. The highest BCUT2D eigenvalue weighted by Gasteiger charge is 2.31. The van der Waals surface area contributed by atoms with E-state index in [-0.39, 0.29) is 0 Å².